The Morgan fingerprint density at radius 2 is 2.19 bits per heavy atom. The summed E-state index contributed by atoms with van der Waals surface area (Å²) in [6, 6.07) is 0. The van der Waals surface area contributed by atoms with Crippen molar-refractivity contribution in [2.24, 2.45) is 5.92 Å². The zero-order valence-corrected chi connectivity index (χ0v) is 9.76. The van der Waals surface area contributed by atoms with E-state index >= 15 is 0 Å². The fraction of sp³-hybridized carbons (Fsp3) is 0.909. The second-order valence-corrected chi connectivity index (χ2v) is 4.94. The van der Waals surface area contributed by atoms with Gasteiger partial charge in [-0.05, 0) is 13.0 Å². The Kier molecular flexibility index (Phi) is 3.78. The average Bonchev–Trinajstić information content (AvgIpc) is 2.14. The van der Waals surface area contributed by atoms with Gasteiger partial charge in [0, 0.05) is 32.7 Å². The second kappa shape index (κ2) is 5.12. The lowest BCUT2D eigenvalue weighted by Crippen LogP contribution is -2.53. The number of likely N-dealkylation sites (N-methyl/N-ethyl adjacent to an activating group) is 1. The highest BCUT2D eigenvalue weighted by Gasteiger charge is 2.31. The van der Waals surface area contributed by atoms with Crippen LogP contribution in [0, 0.1) is 5.92 Å². The summed E-state index contributed by atoms with van der Waals surface area (Å²) in [4.78, 5) is 15.1. The summed E-state index contributed by atoms with van der Waals surface area (Å²) in [5, 5.41) is 8.64. The highest BCUT2D eigenvalue weighted by molar-refractivity contribution is 5.67. The van der Waals surface area contributed by atoms with Crippen molar-refractivity contribution < 1.29 is 14.6 Å². The van der Waals surface area contributed by atoms with E-state index in [2.05, 4.69) is 16.8 Å². The van der Waals surface area contributed by atoms with Crippen LogP contribution in [0.4, 0.5) is 0 Å². The molecule has 1 atom stereocenters. The minimum absolute atomic E-state index is 0.296. The van der Waals surface area contributed by atoms with Crippen molar-refractivity contribution in [3.63, 3.8) is 0 Å². The molecule has 5 heteroatoms. The summed E-state index contributed by atoms with van der Waals surface area (Å²) in [6.07, 6.45) is 0.603. The molecular weight excluding hydrogens is 208 g/mol. The van der Waals surface area contributed by atoms with Crippen molar-refractivity contribution >= 4 is 5.97 Å². The molecule has 1 N–H and O–H groups in total. The Morgan fingerprint density at radius 1 is 1.44 bits per heavy atom. The number of hydrogen-bond acceptors (Lipinski definition) is 4. The molecule has 0 amide bonds. The molecule has 0 aliphatic carbocycles. The molecule has 2 aliphatic heterocycles. The number of carboxylic acids is 1. The molecular formula is C11H20N2O3. The lowest BCUT2D eigenvalue weighted by molar-refractivity contribution is -0.139. The lowest BCUT2D eigenvalue weighted by atomic mass is 9.96. The van der Waals surface area contributed by atoms with E-state index in [0.717, 1.165) is 39.3 Å². The third-order valence-electron chi connectivity index (χ3n) is 3.30. The van der Waals surface area contributed by atoms with E-state index in [0.29, 0.717) is 18.4 Å². The summed E-state index contributed by atoms with van der Waals surface area (Å²) >= 11 is 0. The molecule has 5 nitrogen and oxygen atoms in total. The molecule has 2 saturated heterocycles. The summed E-state index contributed by atoms with van der Waals surface area (Å²) in [6.45, 7) is 5.58. The number of carboxylic acid groups (broad SMARTS) is 1. The molecule has 92 valence electrons. The monoisotopic (exact) mass is 228 g/mol. The number of carbonyl (C=O) groups is 1. The van der Waals surface area contributed by atoms with E-state index in [1.165, 1.54) is 0 Å². The van der Waals surface area contributed by atoms with Gasteiger partial charge < -0.3 is 19.6 Å². The molecule has 2 heterocycles. The number of aliphatic carboxylic acids is 1. The molecule has 0 aromatic carbocycles. The van der Waals surface area contributed by atoms with Crippen molar-refractivity contribution in [2.75, 3.05) is 46.4 Å². The third kappa shape index (κ3) is 3.17. The molecule has 0 radical (unpaired) electrons. The molecule has 0 saturated carbocycles. The average molecular weight is 228 g/mol. The Labute approximate surface area is 96.0 Å². The first-order chi connectivity index (χ1) is 7.63. The molecule has 16 heavy (non-hydrogen) atoms. The second-order valence-electron chi connectivity index (χ2n) is 4.94. The topological polar surface area (TPSA) is 53.0 Å². The Hall–Kier alpha value is -0.650. The van der Waals surface area contributed by atoms with Crippen LogP contribution < -0.4 is 0 Å². The molecule has 0 bridgehead atoms. The SMILES string of the molecule is CN1CCOC(CN2CC(CC(=O)O)C2)C1. The Balaban J connectivity index is 1.63. The normalized spacial score (nSPS) is 28.9. The summed E-state index contributed by atoms with van der Waals surface area (Å²) < 4.78 is 5.67. The fourth-order valence-electron chi connectivity index (χ4n) is 2.47. The first kappa shape index (κ1) is 11.8. The van der Waals surface area contributed by atoms with Crippen LogP contribution in [-0.4, -0.2) is 73.4 Å². The number of hydrogen-bond donors (Lipinski definition) is 1. The molecule has 2 aliphatic rings. The van der Waals surface area contributed by atoms with Gasteiger partial charge in [-0.2, -0.15) is 0 Å². The van der Waals surface area contributed by atoms with Gasteiger partial charge in [-0.25, -0.2) is 0 Å². The first-order valence-electron chi connectivity index (χ1n) is 5.88. The van der Waals surface area contributed by atoms with Crippen LogP contribution in [0.1, 0.15) is 6.42 Å². The van der Waals surface area contributed by atoms with Gasteiger partial charge in [0.15, 0.2) is 0 Å². The van der Waals surface area contributed by atoms with Crippen molar-refractivity contribution in [3.8, 4) is 0 Å². The van der Waals surface area contributed by atoms with Crippen molar-refractivity contribution in [3.05, 3.63) is 0 Å². The van der Waals surface area contributed by atoms with Gasteiger partial charge in [0.2, 0.25) is 0 Å². The maximum atomic E-state index is 10.5. The van der Waals surface area contributed by atoms with Crippen LogP contribution in [0.3, 0.4) is 0 Å². The van der Waals surface area contributed by atoms with Gasteiger partial charge >= 0.3 is 5.97 Å². The first-order valence-corrected chi connectivity index (χ1v) is 5.88. The number of nitrogens with zero attached hydrogens (tertiary/aromatic N) is 2. The predicted octanol–water partition coefficient (Wildman–Crippen LogP) is -0.276. The van der Waals surface area contributed by atoms with E-state index in [9.17, 15) is 4.79 Å². The van der Waals surface area contributed by atoms with Crippen molar-refractivity contribution in [2.45, 2.75) is 12.5 Å². The van der Waals surface area contributed by atoms with Gasteiger partial charge in [0.1, 0.15) is 0 Å². The zero-order chi connectivity index (χ0) is 11.5. The molecule has 0 aromatic rings. The highest BCUT2D eigenvalue weighted by atomic mass is 16.5. The van der Waals surface area contributed by atoms with E-state index in [1.54, 1.807) is 0 Å². The van der Waals surface area contributed by atoms with Crippen LogP contribution >= 0.6 is 0 Å². The summed E-state index contributed by atoms with van der Waals surface area (Å²) in [5.74, 6) is -0.336. The number of likely N-dealkylation sites (tertiary alicyclic amines) is 1. The van der Waals surface area contributed by atoms with E-state index in [4.69, 9.17) is 9.84 Å². The number of morpholine rings is 1. The highest BCUT2D eigenvalue weighted by Crippen LogP contribution is 2.20. The molecule has 0 spiro atoms. The van der Waals surface area contributed by atoms with E-state index in [-0.39, 0.29) is 0 Å². The van der Waals surface area contributed by atoms with Gasteiger partial charge in [0.05, 0.1) is 19.1 Å². The standard InChI is InChI=1S/C11H20N2O3/c1-12-2-3-16-10(7-12)8-13-5-9(6-13)4-11(14)15/h9-10H,2-8H2,1H3,(H,14,15). The lowest BCUT2D eigenvalue weighted by Gasteiger charge is -2.42. The van der Waals surface area contributed by atoms with Crippen LogP contribution in [0.25, 0.3) is 0 Å². The van der Waals surface area contributed by atoms with E-state index in [1.807, 2.05) is 0 Å². The minimum Gasteiger partial charge on any atom is -0.481 e. The van der Waals surface area contributed by atoms with E-state index < -0.39 is 5.97 Å². The fourth-order valence-corrected chi connectivity index (χ4v) is 2.47. The van der Waals surface area contributed by atoms with Gasteiger partial charge in [-0.15, -0.1) is 0 Å². The number of rotatable bonds is 4. The van der Waals surface area contributed by atoms with Crippen LogP contribution in [0.5, 0.6) is 0 Å². The molecule has 0 aromatic heterocycles. The number of ether oxygens (including phenoxy) is 1. The third-order valence-corrected chi connectivity index (χ3v) is 3.30. The quantitative estimate of drug-likeness (QED) is 0.717. The smallest absolute Gasteiger partial charge is 0.303 e. The van der Waals surface area contributed by atoms with Gasteiger partial charge in [0.25, 0.3) is 0 Å². The maximum absolute atomic E-state index is 10.5. The minimum atomic E-state index is -0.682. The summed E-state index contributed by atoms with van der Waals surface area (Å²) in [7, 11) is 2.11. The summed E-state index contributed by atoms with van der Waals surface area (Å²) in [5.41, 5.74) is 0. The predicted molar refractivity (Wildman–Crippen MR) is 59.4 cm³/mol. The largest absolute Gasteiger partial charge is 0.481 e. The zero-order valence-electron chi connectivity index (χ0n) is 9.76. The van der Waals surface area contributed by atoms with Crippen LogP contribution in [-0.2, 0) is 9.53 Å². The molecule has 2 rings (SSSR count). The van der Waals surface area contributed by atoms with Gasteiger partial charge in [-0.3, -0.25) is 4.79 Å². The van der Waals surface area contributed by atoms with Crippen molar-refractivity contribution in [1.29, 1.82) is 0 Å². The Morgan fingerprint density at radius 3 is 2.81 bits per heavy atom. The maximum Gasteiger partial charge on any atom is 0.303 e. The van der Waals surface area contributed by atoms with Gasteiger partial charge in [-0.1, -0.05) is 0 Å². The van der Waals surface area contributed by atoms with Crippen molar-refractivity contribution in [1.82, 2.24) is 9.80 Å². The molecule has 2 fully saturated rings. The molecule has 1 unspecified atom stereocenters. The van der Waals surface area contributed by atoms with Crippen LogP contribution in [0.15, 0.2) is 0 Å². The Bertz CT molecular complexity index is 254. The van der Waals surface area contributed by atoms with Crippen LogP contribution in [0.2, 0.25) is 0 Å².